The van der Waals surface area contributed by atoms with Crippen LogP contribution in [0.1, 0.15) is 20.9 Å². The first kappa shape index (κ1) is 26.8. The molecule has 0 radical (unpaired) electrons. The molecule has 0 bridgehead atoms. The molecular weight excluding hydrogens is 540 g/mol. The molecule has 12 nitrogen and oxygen atoms in total. The van der Waals surface area contributed by atoms with Crippen LogP contribution in [-0.2, 0) is 14.6 Å². The third kappa shape index (κ3) is 5.68. The molecule has 0 aliphatic carbocycles. The number of non-ortho nitro benzene ring substituents is 1. The van der Waals surface area contributed by atoms with Gasteiger partial charge in [-0.2, -0.15) is 0 Å². The zero-order chi connectivity index (χ0) is 27.4. The summed E-state index contributed by atoms with van der Waals surface area (Å²) >= 11 is 5.87. The second kappa shape index (κ2) is 11.0. The number of hydrogen-bond donors (Lipinski definition) is 1. The van der Waals surface area contributed by atoms with E-state index >= 15 is 0 Å². The Balaban J connectivity index is 1.51. The minimum Gasteiger partial charge on any atom is -0.459 e. The zero-order valence-electron chi connectivity index (χ0n) is 19.7. The number of carbonyl (C=O) groups excluding carboxylic acids is 3. The van der Waals surface area contributed by atoms with Crippen molar-refractivity contribution in [2.45, 2.75) is 10.3 Å². The van der Waals surface area contributed by atoms with Gasteiger partial charge in [0.1, 0.15) is 0 Å². The van der Waals surface area contributed by atoms with Crippen molar-refractivity contribution in [3.63, 3.8) is 0 Å². The van der Waals surface area contributed by atoms with E-state index in [0.717, 1.165) is 0 Å². The summed E-state index contributed by atoms with van der Waals surface area (Å²) in [6, 6.07) is 13.1. The fourth-order valence-corrected chi connectivity index (χ4v) is 5.42. The van der Waals surface area contributed by atoms with Crippen LogP contribution in [0.5, 0.6) is 0 Å². The van der Waals surface area contributed by atoms with Crippen molar-refractivity contribution in [3.05, 3.63) is 93.4 Å². The van der Waals surface area contributed by atoms with Gasteiger partial charge in [0.2, 0.25) is 15.2 Å². The van der Waals surface area contributed by atoms with Crippen molar-refractivity contribution < 1.29 is 32.1 Å². The van der Waals surface area contributed by atoms with Crippen molar-refractivity contribution >= 4 is 44.8 Å². The monoisotopic (exact) mass is 560 g/mol. The number of nitro groups is 1. The van der Waals surface area contributed by atoms with E-state index in [4.69, 9.17) is 16.0 Å². The number of carbonyl (C=O) groups is 3. The molecule has 0 saturated carbocycles. The number of nitrogens with one attached hydrogen (secondary N) is 1. The lowest BCUT2D eigenvalue weighted by Gasteiger charge is -2.36. The summed E-state index contributed by atoms with van der Waals surface area (Å²) in [5.41, 5.74) is 0.0887. The average molecular weight is 561 g/mol. The molecule has 1 aliphatic rings. The average Bonchev–Trinajstić information content (AvgIpc) is 3.46. The summed E-state index contributed by atoms with van der Waals surface area (Å²) < 4.78 is 31.9. The highest BCUT2D eigenvalue weighted by atomic mass is 35.5. The molecular formula is C24H21ClN4O8S. The number of nitro benzene ring substituents is 1. The van der Waals surface area contributed by atoms with Crippen molar-refractivity contribution in [1.29, 1.82) is 0 Å². The first-order valence-corrected chi connectivity index (χ1v) is 13.2. The van der Waals surface area contributed by atoms with E-state index < -0.39 is 31.9 Å². The highest BCUT2D eigenvalue weighted by molar-refractivity contribution is 7.92. The Kier molecular flexibility index (Phi) is 7.78. The smallest absolute Gasteiger partial charge is 0.288 e. The maximum atomic E-state index is 13.4. The van der Waals surface area contributed by atoms with E-state index in [-0.39, 0.29) is 54.0 Å². The minimum atomic E-state index is -4.40. The van der Waals surface area contributed by atoms with Gasteiger partial charge in [-0.25, -0.2) is 8.42 Å². The zero-order valence-corrected chi connectivity index (χ0v) is 21.2. The Bertz CT molecular complexity index is 1450. The SMILES string of the molecule is O=C(NC(C(=O)N1CCN(C(=O)c2ccc([N+](=O)[O-])cc2)CC1)S(=O)(=O)c1ccc(Cl)cc1)c1ccco1. The summed E-state index contributed by atoms with van der Waals surface area (Å²) in [5, 5.41) is 11.4. The molecule has 1 fully saturated rings. The predicted molar refractivity (Wildman–Crippen MR) is 134 cm³/mol. The van der Waals surface area contributed by atoms with Crippen LogP contribution in [0.4, 0.5) is 5.69 Å². The molecule has 1 saturated heterocycles. The number of amides is 3. The molecule has 1 aliphatic heterocycles. The third-order valence-corrected chi connectivity index (χ3v) is 8.01. The van der Waals surface area contributed by atoms with Crippen LogP contribution in [0.3, 0.4) is 0 Å². The summed E-state index contributed by atoms with van der Waals surface area (Å²) in [6.45, 7) is 0.171. The topological polar surface area (TPSA) is 160 Å². The molecule has 3 amide bonds. The normalized spacial score (nSPS) is 14.6. The van der Waals surface area contributed by atoms with Gasteiger partial charge >= 0.3 is 0 Å². The Morgan fingerprint density at radius 1 is 0.947 bits per heavy atom. The molecule has 1 aromatic heterocycles. The first-order valence-electron chi connectivity index (χ1n) is 11.2. The summed E-state index contributed by atoms with van der Waals surface area (Å²) in [4.78, 5) is 51.7. The molecule has 1 atom stereocenters. The van der Waals surface area contributed by atoms with Gasteiger partial charge in [-0.05, 0) is 48.5 Å². The summed E-state index contributed by atoms with van der Waals surface area (Å²) in [7, 11) is -4.40. The number of halogens is 1. The molecule has 14 heteroatoms. The number of piperazine rings is 1. The predicted octanol–water partition coefficient (Wildman–Crippen LogP) is 2.36. The van der Waals surface area contributed by atoms with Crippen LogP contribution >= 0.6 is 11.6 Å². The molecule has 2 aromatic carbocycles. The Hall–Kier alpha value is -4.23. The van der Waals surface area contributed by atoms with E-state index in [1.807, 2.05) is 0 Å². The van der Waals surface area contributed by atoms with Gasteiger partial charge < -0.3 is 19.5 Å². The Morgan fingerprint density at radius 2 is 1.55 bits per heavy atom. The second-order valence-corrected chi connectivity index (χ2v) is 10.7. The van der Waals surface area contributed by atoms with Crippen LogP contribution < -0.4 is 5.32 Å². The lowest BCUT2D eigenvalue weighted by Crippen LogP contribution is -2.57. The maximum absolute atomic E-state index is 13.4. The van der Waals surface area contributed by atoms with Gasteiger partial charge in [-0.1, -0.05) is 11.6 Å². The molecule has 4 rings (SSSR count). The fourth-order valence-electron chi connectivity index (χ4n) is 3.83. The van der Waals surface area contributed by atoms with Crippen molar-refractivity contribution in [1.82, 2.24) is 15.1 Å². The number of nitrogens with zero attached hydrogens (tertiary/aromatic N) is 3. The molecule has 2 heterocycles. The van der Waals surface area contributed by atoms with Crippen LogP contribution in [0.15, 0.2) is 76.2 Å². The maximum Gasteiger partial charge on any atom is 0.288 e. The number of furan rings is 1. The van der Waals surface area contributed by atoms with E-state index in [2.05, 4.69) is 5.32 Å². The second-order valence-electron chi connectivity index (χ2n) is 8.25. The van der Waals surface area contributed by atoms with Gasteiger partial charge in [0.25, 0.3) is 23.4 Å². The molecule has 38 heavy (non-hydrogen) atoms. The van der Waals surface area contributed by atoms with Crippen LogP contribution in [0, 0.1) is 10.1 Å². The summed E-state index contributed by atoms with van der Waals surface area (Å²) in [6.07, 6.45) is 1.24. The van der Waals surface area contributed by atoms with Gasteiger partial charge in [0, 0.05) is 48.9 Å². The lowest BCUT2D eigenvalue weighted by molar-refractivity contribution is -0.384. The summed E-state index contributed by atoms with van der Waals surface area (Å²) in [5.74, 6) is -2.32. The van der Waals surface area contributed by atoms with Crippen LogP contribution in [-0.4, -0.2) is 72.4 Å². The first-order chi connectivity index (χ1) is 18.1. The molecule has 0 spiro atoms. The van der Waals surface area contributed by atoms with Gasteiger partial charge in [0.15, 0.2) is 5.76 Å². The van der Waals surface area contributed by atoms with E-state index in [1.54, 1.807) is 0 Å². The van der Waals surface area contributed by atoms with E-state index in [0.29, 0.717) is 5.02 Å². The standard InChI is InChI=1S/C24H21ClN4O8S/c25-17-5-9-19(10-6-17)38(35,36)22(26-21(30)20-2-1-15-37-20)24(32)28-13-11-27(12-14-28)23(31)16-3-7-18(8-4-16)29(33)34/h1-10,15,22H,11-14H2,(H,26,30). The third-order valence-electron chi connectivity index (χ3n) is 5.89. The van der Waals surface area contributed by atoms with Gasteiger partial charge in [0.05, 0.1) is 16.1 Å². The minimum absolute atomic E-state index is 0.000809. The highest BCUT2D eigenvalue weighted by Gasteiger charge is 2.40. The number of sulfone groups is 1. The number of benzene rings is 2. The van der Waals surface area contributed by atoms with E-state index in [1.165, 1.54) is 76.7 Å². The van der Waals surface area contributed by atoms with E-state index in [9.17, 15) is 32.9 Å². The Morgan fingerprint density at radius 3 is 2.11 bits per heavy atom. The number of hydrogen-bond acceptors (Lipinski definition) is 8. The fraction of sp³-hybridized carbons (Fsp3) is 0.208. The largest absolute Gasteiger partial charge is 0.459 e. The molecule has 3 aromatic rings. The number of rotatable bonds is 7. The van der Waals surface area contributed by atoms with Gasteiger partial charge in [-0.15, -0.1) is 0 Å². The van der Waals surface area contributed by atoms with Crippen molar-refractivity contribution in [2.75, 3.05) is 26.2 Å². The quantitative estimate of drug-likeness (QED) is 0.340. The molecule has 1 N–H and O–H groups in total. The Labute approximate surface area is 221 Å². The van der Waals surface area contributed by atoms with Crippen LogP contribution in [0.2, 0.25) is 5.02 Å². The molecule has 198 valence electrons. The highest BCUT2D eigenvalue weighted by Crippen LogP contribution is 2.21. The van der Waals surface area contributed by atoms with Crippen molar-refractivity contribution in [3.8, 4) is 0 Å². The molecule has 1 unspecified atom stereocenters. The van der Waals surface area contributed by atoms with Gasteiger partial charge in [-0.3, -0.25) is 24.5 Å². The lowest BCUT2D eigenvalue weighted by atomic mass is 10.1. The van der Waals surface area contributed by atoms with Crippen molar-refractivity contribution in [2.24, 2.45) is 0 Å². The van der Waals surface area contributed by atoms with Crippen LogP contribution in [0.25, 0.3) is 0 Å².